The summed E-state index contributed by atoms with van der Waals surface area (Å²) >= 11 is 3.54. The van der Waals surface area contributed by atoms with Crippen molar-refractivity contribution in [2.75, 3.05) is 6.54 Å². The van der Waals surface area contributed by atoms with Crippen LogP contribution in [0.3, 0.4) is 0 Å². The Hall–Kier alpha value is -1.89. The van der Waals surface area contributed by atoms with Crippen LogP contribution in [0.5, 0.6) is 0 Å². The summed E-state index contributed by atoms with van der Waals surface area (Å²) in [6.07, 6.45) is 2.05. The summed E-state index contributed by atoms with van der Waals surface area (Å²) in [4.78, 5) is 26.1. The number of carboxylic acid groups (broad SMARTS) is 1. The number of carbonyl (C=O) groups excluding carboxylic acids is 1. The largest absolute Gasteiger partial charge is 0.481 e. The molecule has 2 N–H and O–H groups in total. The van der Waals surface area contributed by atoms with E-state index in [1.165, 1.54) is 0 Å². The van der Waals surface area contributed by atoms with Gasteiger partial charge in [0.1, 0.15) is 0 Å². The van der Waals surface area contributed by atoms with Crippen molar-refractivity contribution in [3.8, 4) is 0 Å². The smallest absolute Gasteiger partial charge is 0.304 e. The minimum Gasteiger partial charge on any atom is -0.481 e. The first kappa shape index (κ1) is 17.9. The van der Waals surface area contributed by atoms with Gasteiger partial charge in [-0.05, 0) is 45.0 Å². The third-order valence-corrected chi connectivity index (χ3v) is 5.08. The minimum absolute atomic E-state index is 0.0706. The fourth-order valence-corrected chi connectivity index (χ4v) is 4.09. The molecule has 0 radical (unpaired) electrons. The van der Waals surface area contributed by atoms with Crippen molar-refractivity contribution < 1.29 is 14.7 Å². The number of hydrogen-bond acceptors (Lipinski definition) is 3. The highest BCUT2D eigenvalue weighted by Crippen LogP contribution is 2.35. The number of fused-ring (bicyclic) bond motifs is 3. The van der Waals surface area contributed by atoms with Crippen molar-refractivity contribution >= 4 is 38.7 Å². The van der Waals surface area contributed by atoms with Crippen molar-refractivity contribution in [1.82, 2.24) is 15.1 Å². The van der Waals surface area contributed by atoms with Crippen molar-refractivity contribution in [3.05, 3.63) is 27.9 Å². The van der Waals surface area contributed by atoms with Crippen molar-refractivity contribution in [2.45, 2.75) is 40.2 Å². The molecule has 0 aliphatic carbocycles. The number of H-pyrrole nitrogens is 1. The van der Waals surface area contributed by atoms with E-state index in [0.29, 0.717) is 19.5 Å². The maximum atomic E-state index is 13.0. The Morgan fingerprint density at radius 2 is 2.20 bits per heavy atom. The second kappa shape index (κ2) is 6.44. The van der Waals surface area contributed by atoms with Gasteiger partial charge in [0.05, 0.1) is 24.1 Å². The summed E-state index contributed by atoms with van der Waals surface area (Å²) < 4.78 is 0.879. The molecule has 1 aromatic heterocycles. The molecule has 0 saturated carbocycles. The lowest BCUT2D eigenvalue weighted by Crippen LogP contribution is -2.40. The van der Waals surface area contributed by atoms with Gasteiger partial charge in [-0.3, -0.25) is 14.7 Å². The predicted molar refractivity (Wildman–Crippen MR) is 98.1 cm³/mol. The molecular weight excluding hydrogens is 386 g/mol. The van der Waals surface area contributed by atoms with E-state index in [9.17, 15) is 14.7 Å². The Kier molecular flexibility index (Phi) is 4.62. The highest BCUT2D eigenvalue weighted by atomic mass is 79.9. The fraction of sp³-hybridized carbons (Fsp3) is 0.500. The van der Waals surface area contributed by atoms with Crippen LogP contribution in [0.4, 0.5) is 0 Å². The highest BCUT2D eigenvalue weighted by molar-refractivity contribution is 9.10. The standard InChI is InChI=1S/C18H22BrN3O3/c1-18(2,3)9-22-8-13-10(4-11(17(22)25)6-15(23)24)5-14(19)16-12(13)7-20-21-16/h5,7,11H,4,6,8-9H2,1-3H3,(H,20,21)(H,23,24)/t11-/m0/s1. The van der Waals surface area contributed by atoms with Gasteiger partial charge in [0.25, 0.3) is 0 Å². The molecule has 134 valence electrons. The number of aliphatic carboxylic acids is 1. The number of halogens is 1. The van der Waals surface area contributed by atoms with Gasteiger partial charge in [-0.25, -0.2) is 0 Å². The second-order valence-corrected chi connectivity index (χ2v) is 8.76. The number of carbonyl (C=O) groups is 2. The molecule has 3 rings (SSSR count). The number of carboxylic acids is 1. The van der Waals surface area contributed by atoms with Gasteiger partial charge in [0.2, 0.25) is 5.91 Å². The molecule has 1 atom stereocenters. The number of amides is 1. The van der Waals surface area contributed by atoms with Crippen molar-refractivity contribution in [1.29, 1.82) is 0 Å². The Balaban J connectivity index is 2.11. The molecule has 1 aromatic carbocycles. The van der Waals surface area contributed by atoms with Gasteiger partial charge in [0.15, 0.2) is 0 Å². The van der Waals surface area contributed by atoms with Crippen LogP contribution in [0.15, 0.2) is 16.7 Å². The summed E-state index contributed by atoms with van der Waals surface area (Å²) in [6, 6.07) is 1.98. The van der Waals surface area contributed by atoms with E-state index < -0.39 is 11.9 Å². The van der Waals surface area contributed by atoms with E-state index in [-0.39, 0.29) is 17.7 Å². The Bertz CT molecular complexity index is 838. The Morgan fingerprint density at radius 3 is 2.84 bits per heavy atom. The summed E-state index contributed by atoms with van der Waals surface area (Å²) in [5, 5.41) is 17.3. The van der Waals surface area contributed by atoms with Gasteiger partial charge in [-0.1, -0.05) is 20.8 Å². The van der Waals surface area contributed by atoms with Crippen LogP contribution in [0.1, 0.15) is 38.3 Å². The van der Waals surface area contributed by atoms with E-state index in [1.54, 1.807) is 11.1 Å². The van der Waals surface area contributed by atoms with Crippen molar-refractivity contribution in [3.63, 3.8) is 0 Å². The monoisotopic (exact) mass is 407 g/mol. The molecule has 25 heavy (non-hydrogen) atoms. The zero-order chi connectivity index (χ0) is 18.4. The van der Waals surface area contributed by atoms with E-state index >= 15 is 0 Å². The summed E-state index contributed by atoms with van der Waals surface area (Å²) in [5.41, 5.74) is 2.89. The lowest BCUT2D eigenvalue weighted by molar-refractivity contribution is -0.145. The lowest BCUT2D eigenvalue weighted by Gasteiger charge is -2.31. The maximum Gasteiger partial charge on any atom is 0.304 e. The molecule has 0 spiro atoms. The number of nitrogens with one attached hydrogen (secondary N) is 1. The summed E-state index contributed by atoms with van der Waals surface area (Å²) in [6.45, 7) is 7.29. The first-order valence-corrected chi connectivity index (χ1v) is 9.09. The van der Waals surface area contributed by atoms with Gasteiger partial charge in [-0.2, -0.15) is 5.10 Å². The van der Waals surface area contributed by atoms with E-state index in [4.69, 9.17) is 0 Å². The first-order valence-electron chi connectivity index (χ1n) is 8.29. The number of benzene rings is 1. The average molecular weight is 408 g/mol. The minimum atomic E-state index is -0.944. The fourth-order valence-electron chi connectivity index (χ4n) is 3.51. The van der Waals surface area contributed by atoms with Crippen LogP contribution in [0.2, 0.25) is 0 Å². The van der Waals surface area contributed by atoms with Crippen LogP contribution in [-0.4, -0.2) is 38.6 Å². The Labute approximate surface area is 154 Å². The molecule has 0 saturated heterocycles. The molecule has 0 bridgehead atoms. The quantitative estimate of drug-likeness (QED) is 0.816. The van der Waals surface area contributed by atoms with E-state index in [0.717, 1.165) is 26.5 Å². The topological polar surface area (TPSA) is 86.3 Å². The van der Waals surface area contributed by atoms with Gasteiger partial charge in [0, 0.05) is 22.9 Å². The van der Waals surface area contributed by atoms with Crippen molar-refractivity contribution in [2.24, 2.45) is 11.3 Å². The van der Waals surface area contributed by atoms with Gasteiger partial charge in [-0.15, -0.1) is 0 Å². The van der Waals surface area contributed by atoms with E-state index in [2.05, 4.69) is 46.9 Å². The van der Waals surface area contributed by atoms with E-state index in [1.807, 2.05) is 6.07 Å². The number of hydrogen-bond donors (Lipinski definition) is 2. The van der Waals surface area contributed by atoms with Crippen LogP contribution in [-0.2, 0) is 22.6 Å². The maximum absolute atomic E-state index is 13.0. The zero-order valence-corrected chi connectivity index (χ0v) is 16.2. The lowest BCUT2D eigenvalue weighted by atomic mass is 9.93. The third-order valence-electron chi connectivity index (χ3n) is 4.45. The second-order valence-electron chi connectivity index (χ2n) is 7.91. The third kappa shape index (κ3) is 3.71. The normalized spacial score (nSPS) is 18.3. The number of nitrogens with zero attached hydrogens (tertiary/aromatic N) is 2. The van der Waals surface area contributed by atoms with Crippen LogP contribution >= 0.6 is 15.9 Å². The SMILES string of the molecule is CC(C)(C)CN1Cc2c(cc(Br)c3[nH]ncc23)C[C@@H](CC(=O)O)C1=O. The van der Waals surface area contributed by atoms with Crippen LogP contribution in [0.25, 0.3) is 10.9 Å². The molecular formula is C18H22BrN3O3. The van der Waals surface area contributed by atoms with Crippen LogP contribution < -0.4 is 0 Å². The molecule has 1 amide bonds. The molecule has 7 heteroatoms. The first-order chi connectivity index (χ1) is 11.7. The number of aromatic nitrogens is 2. The average Bonchev–Trinajstić information content (AvgIpc) is 2.93. The molecule has 1 aliphatic rings. The van der Waals surface area contributed by atoms with Crippen LogP contribution in [0, 0.1) is 11.3 Å². The van der Waals surface area contributed by atoms with Gasteiger partial charge < -0.3 is 10.0 Å². The summed E-state index contributed by atoms with van der Waals surface area (Å²) in [5.74, 6) is -1.57. The highest BCUT2D eigenvalue weighted by Gasteiger charge is 2.34. The molecule has 2 aromatic rings. The molecule has 0 fully saturated rings. The zero-order valence-electron chi connectivity index (χ0n) is 14.6. The predicted octanol–water partition coefficient (Wildman–Crippen LogP) is 3.35. The molecule has 6 nitrogen and oxygen atoms in total. The van der Waals surface area contributed by atoms with Gasteiger partial charge >= 0.3 is 5.97 Å². The number of aromatic amines is 1. The number of rotatable bonds is 3. The Morgan fingerprint density at radius 1 is 1.48 bits per heavy atom. The molecule has 0 unspecified atom stereocenters. The summed E-state index contributed by atoms with van der Waals surface area (Å²) in [7, 11) is 0. The molecule has 2 heterocycles. The molecule has 1 aliphatic heterocycles.